The van der Waals surface area contributed by atoms with Gasteiger partial charge in [-0.3, -0.25) is 4.79 Å². The molecule has 3 aliphatic rings. The minimum absolute atomic E-state index is 0. The molecule has 0 saturated carbocycles. The molecule has 0 aromatic heterocycles. The number of ether oxygens (including phenoxy) is 1. The Kier molecular flexibility index (Phi) is 9.78. The number of morpholine rings is 1. The van der Waals surface area contributed by atoms with E-state index in [-0.39, 0.29) is 30.9 Å². The summed E-state index contributed by atoms with van der Waals surface area (Å²) in [6.45, 7) is 6.79. The zero-order chi connectivity index (χ0) is 14.5. The van der Waals surface area contributed by atoms with Crippen LogP contribution >= 0.6 is 24.8 Å². The number of hydrogen-bond donors (Lipinski definition) is 1. The Morgan fingerprint density at radius 2 is 1.87 bits per heavy atom. The fourth-order valence-electron chi connectivity index (χ4n) is 3.87. The maximum absolute atomic E-state index is 12.6. The van der Waals surface area contributed by atoms with Gasteiger partial charge in [0.15, 0.2) is 0 Å². The number of nitrogens with one attached hydrogen (secondary N) is 1. The minimum atomic E-state index is 0. The first-order valence-corrected chi connectivity index (χ1v) is 8.66. The molecule has 0 aliphatic carbocycles. The highest BCUT2D eigenvalue weighted by Gasteiger charge is 2.31. The van der Waals surface area contributed by atoms with E-state index in [1.165, 1.54) is 45.2 Å². The first kappa shape index (κ1) is 21.0. The third-order valence-electron chi connectivity index (χ3n) is 5.03. The van der Waals surface area contributed by atoms with E-state index >= 15 is 0 Å². The molecule has 2 unspecified atom stereocenters. The van der Waals surface area contributed by atoms with Gasteiger partial charge in [-0.2, -0.15) is 0 Å². The van der Waals surface area contributed by atoms with Crippen LogP contribution in [0.25, 0.3) is 0 Å². The monoisotopic (exact) mass is 367 g/mol. The summed E-state index contributed by atoms with van der Waals surface area (Å²) in [5, 5.41) is 3.39. The number of nitrogens with zero attached hydrogens (tertiary/aromatic N) is 2. The molecule has 3 rings (SSSR count). The number of rotatable bonds is 4. The molecular formula is C16H31Cl2N3O2. The summed E-state index contributed by atoms with van der Waals surface area (Å²) >= 11 is 0. The van der Waals surface area contributed by atoms with Crippen LogP contribution in [0.3, 0.4) is 0 Å². The van der Waals surface area contributed by atoms with Gasteiger partial charge in [-0.05, 0) is 38.8 Å². The first-order valence-electron chi connectivity index (χ1n) is 8.66. The Balaban J connectivity index is 0.00000132. The van der Waals surface area contributed by atoms with Crippen LogP contribution in [0.4, 0.5) is 0 Å². The summed E-state index contributed by atoms with van der Waals surface area (Å²) < 4.78 is 5.45. The van der Waals surface area contributed by atoms with E-state index in [2.05, 4.69) is 15.1 Å². The van der Waals surface area contributed by atoms with Gasteiger partial charge in [-0.15, -0.1) is 24.8 Å². The van der Waals surface area contributed by atoms with E-state index in [0.29, 0.717) is 25.0 Å². The Hall–Kier alpha value is -0.0700. The Bertz CT molecular complexity index is 348. The predicted molar refractivity (Wildman–Crippen MR) is 96.7 cm³/mol. The third-order valence-corrected chi connectivity index (χ3v) is 5.03. The largest absolute Gasteiger partial charge is 0.378 e. The fraction of sp³-hybridized carbons (Fsp3) is 0.938. The van der Waals surface area contributed by atoms with Crippen molar-refractivity contribution in [2.45, 2.75) is 50.6 Å². The van der Waals surface area contributed by atoms with Crippen LogP contribution in [0, 0.1) is 0 Å². The lowest BCUT2D eigenvalue weighted by Gasteiger charge is -2.34. The van der Waals surface area contributed by atoms with Crippen LogP contribution in [0.2, 0.25) is 0 Å². The molecule has 136 valence electrons. The van der Waals surface area contributed by atoms with E-state index in [0.717, 1.165) is 26.2 Å². The Morgan fingerprint density at radius 3 is 2.57 bits per heavy atom. The Labute approximate surface area is 152 Å². The molecule has 1 N–H and O–H groups in total. The molecule has 0 bridgehead atoms. The van der Waals surface area contributed by atoms with Gasteiger partial charge in [0.1, 0.15) is 0 Å². The van der Waals surface area contributed by atoms with Gasteiger partial charge < -0.3 is 19.9 Å². The lowest BCUT2D eigenvalue weighted by Crippen LogP contribution is -2.48. The normalized spacial score (nSPS) is 28.8. The first-order chi connectivity index (χ1) is 10.3. The zero-order valence-corrected chi connectivity index (χ0v) is 15.5. The van der Waals surface area contributed by atoms with Crippen molar-refractivity contribution in [2.75, 3.05) is 45.9 Å². The highest BCUT2D eigenvalue weighted by molar-refractivity contribution is 5.85. The van der Waals surface area contributed by atoms with Crippen molar-refractivity contribution in [1.82, 2.24) is 15.1 Å². The molecule has 7 heteroatoms. The zero-order valence-electron chi connectivity index (χ0n) is 13.9. The molecule has 2 atom stereocenters. The van der Waals surface area contributed by atoms with E-state index in [4.69, 9.17) is 4.74 Å². The van der Waals surface area contributed by atoms with Crippen LogP contribution in [-0.4, -0.2) is 73.7 Å². The highest BCUT2D eigenvalue weighted by Crippen LogP contribution is 2.21. The summed E-state index contributed by atoms with van der Waals surface area (Å²) in [5.41, 5.74) is 0. The fourth-order valence-corrected chi connectivity index (χ4v) is 3.87. The molecule has 0 radical (unpaired) electrons. The Morgan fingerprint density at radius 1 is 1.09 bits per heavy atom. The maximum Gasteiger partial charge on any atom is 0.224 e. The molecule has 3 heterocycles. The molecule has 1 amide bonds. The van der Waals surface area contributed by atoms with Gasteiger partial charge in [0.05, 0.1) is 13.2 Å². The number of hydrogen-bond acceptors (Lipinski definition) is 4. The number of carbonyl (C=O) groups is 1. The van der Waals surface area contributed by atoms with Gasteiger partial charge in [0.2, 0.25) is 5.91 Å². The summed E-state index contributed by atoms with van der Waals surface area (Å²) in [6.07, 6.45) is 6.96. The summed E-state index contributed by atoms with van der Waals surface area (Å²) in [6, 6.07) is 0.655. The van der Waals surface area contributed by atoms with Crippen molar-refractivity contribution in [3.8, 4) is 0 Å². The molecule has 3 saturated heterocycles. The molecular weight excluding hydrogens is 337 g/mol. The standard InChI is InChI=1S/C16H29N3O2.2ClH/c20-16(11-14-13-21-10-6-17-14)19-9-4-5-15(19)12-18-7-2-1-3-8-18;;/h14-15,17H,1-13H2;2*1H. The second-order valence-corrected chi connectivity index (χ2v) is 6.67. The maximum atomic E-state index is 12.6. The molecule has 3 aliphatic heterocycles. The molecule has 0 aromatic carbocycles. The summed E-state index contributed by atoms with van der Waals surface area (Å²) in [5.74, 6) is 0.317. The van der Waals surface area contributed by atoms with Crippen molar-refractivity contribution >= 4 is 30.7 Å². The SMILES string of the molecule is Cl.Cl.O=C(CC1COCCN1)N1CCCC1CN1CCCCC1. The number of halogens is 2. The number of carbonyl (C=O) groups excluding carboxylic acids is 1. The van der Waals surface area contributed by atoms with Crippen molar-refractivity contribution < 1.29 is 9.53 Å². The van der Waals surface area contributed by atoms with Crippen LogP contribution < -0.4 is 5.32 Å². The number of piperidine rings is 1. The van der Waals surface area contributed by atoms with Crippen molar-refractivity contribution in [2.24, 2.45) is 0 Å². The number of likely N-dealkylation sites (tertiary alicyclic amines) is 2. The van der Waals surface area contributed by atoms with Crippen molar-refractivity contribution in [3.05, 3.63) is 0 Å². The van der Waals surface area contributed by atoms with Crippen molar-refractivity contribution in [1.29, 1.82) is 0 Å². The van der Waals surface area contributed by atoms with Crippen molar-refractivity contribution in [3.63, 3.8) is 0 Å². The van der Waals surface area contributed by atoms with Crippen LogP contribution in [0.15, 0.2) is 0 Å². The molecule has 3 fully saturated rings. The average molecular weight is 368 g/mol. The van der Waals surface area contributed by atoms with E-state index in [1.54, 1.807) is 0 Å². The minimum Gasteiger partial charge on any atom is -0.378 e. The average Bonchev–Trinajstić information content (AvgIpc) is 2.97. The lowest BCUT2D eigenvalue weighted by atomic mass is 10.1. The topological polar surface area (TPSA) is 44.8 Å². The van der Waals surface area contributed by atoms with Crippen LogP contribution in [-0.2, 0) is 9.53 Å². The molecule has 0 spiro atoms. The smallest absolute Gasteiger partial charge is 0.224 e. The quantitative estimate of drug-likeness (QED) is 0.820. The second-order valence-electron chi connectivity index (χ2n) is 6.67. The predicted octanol–water partition coefficient (Wildman–Crippen LogP) is 1.69. The van der Waals surface area contributed by atoms with Gasteiger partial charge >= 0.3 is 0 Å². The van der Waals surface area contributed by atoms with Gasteiger partial charge in [-0.1, -0.05) is 6.42 Å². The summed E-state index contributed by atoms with van der Waals surface area (Å²) in [4.78, 5) is 17.3. The molecule has 0 aromatic rings. The third kappa shape index (κ3) is 6.05. The van der Waals surface area contributed by atoms with Gasteiger partial charge in [0, 0.05) is 38.1 Å². The van der Waals surface area contributed by atoms with Crippen LogP contribution in [0.5, 0.6) is 0 Å². The number of amides is 1. The van der Waals surface area contributed by atoms with E-state index < -0.39 is 0 Å². The van der Waals surface area contributed by atoms with E-state index in [1.807, 2.05) is 0 Å². The second kappa shape index (κ2) is 10.7. The van der Waals surface area contributed by atoms with Crippen LogP contribution in [0.1, 0.15) is 38.5 Å². The van der Waals surface area contributed by atoms with E-state index in [9.17, 15) is 4.79 Å². The summed E-state index contributed by atoms with van der Waals surface area (Å²) in [7, 11) is 0. The lowest BCUT2D eigenvalue weighted by molar-refractivity contribution is -0.133. The molecule has 23 heavy (non-hydrogen) atoms. The van der Waals surface area contributed by atoms with Gasteiger partial charge in [0.25, 0.3) is 0 Å². The highest BCUT2D eigenvalue weighted by atomic mass is 35.5. The van der Waals surface area contributed by atoms with Gasteiger partial charge in [-0.25, -0.2) is 0 Å². The molecule has 5 nitrogen and oxygen atoms in total.